The van der Waals surface area contributed by atoms with Gasteiger partial charge in [-0.15, -0.1) is 0 Å². The van der Waals surface area contributed by atoms with Crippen LogP contribution in [-0.2, 0) is 0 Å². The number of ether oxygens (including phenoxy) is 3. The molecule has 3 heterocycles. The quantitative estimate of drug-likeness (QED) is 0.564. The number of imidazole rings is 1. The van der Waals surface area contributed by atoms with E-state index in [4.69, 9.17) is 30.8 Å². The van der Waals surface area contributed by atoms with Crippen LogP contribution in [0.15, 0.2) is 30.3 Å². The maximum atomic E-state index is 13.1. The standard InChI is InChI=1S/C24H26ClN3O4/c1-28-6-5-14(9-20(28)24-26-18-4-3-15(30-2)11-19(18)27-24)10-21(29)16-12-22-23(13-17(16)25)32-8-7-31-22/h3-4,11-14,20H,5-10H2,1-2H3,(H,26,27)/t14-,20-/m1/s1. The van der Waals surface area contributed by atoms with E-state index in [1.807, 2.05) is 18.2 Å². The van der Waals surface area contributed by atoms with Crippen molar-refractivity contribution in [3.05, 3.63) is 46.7 Å². The van der Waals surface area contributed by atoms with Crippen LogP contribution in [0.5, 0.6) is 17.2 Å². The molecule has 1 N–H and O–H groups in total. The molecule has 0 spiro atoms. The topological polar surface area (TPSA) is 76.7 Å². The number of aromatic nitrogens is 2. The Kier molecular flexibility index (Phi) is 5.69. The van der Waals surface area contributed by atoms with Gasteiger partial charge in [0.05, 0.1) is 29.2 Å². The van der Waals surface area contributed by atoms with E-state index in [-0.39, 0.29) is 17.7 Å². The predicted molar refractivity (Wildman–Crippen MR) is 122 cm³/mol. The van der Waals surface area contributed by atoms with Crippen LogP contribution in [0.3, 0.4) is 0 Å². The Labute approximate surface area is 191 Å². The van der Waals surface area contributed by atoms with Gasteiger partial charge in [-0.25, -0.2) is 4.98 Å². The molecule has 1 fully saturated rings. The third-order valence-electron chi connectivity index (χ3n) is 6.41. The number of hydrogen-bond acceptors (Lipinski definition) is 6. The van der Waals surface area contributed by atoms with Crippen LogP contribution in [0.2, 0.25) is 5.02 Å². The van der Waals surface area contributed by atoms with Crippen LogP contribution in [0, 0.1) is 5.92 Å². The number of halogens is 1. The van der Waals surface area contributed by atoms with Gasteiger partial charge in [-0.1, -0.05) is 11.6 Å². The fourth-order valence-electron chi connectivity index (χ4n) is 4.60. The highest BCUT2D eigenvalue weighted by Gasteiger charge is 2.31. The smallest absolute Gasteiger partial charge is 0.164 e. The molecule has 0 aliphatic carbocycles. The summed E-state index contributed by atoms with van der Waals surface area (Å²) >= 11 is 6.40. The highest BCUT2D eigenvalue weighted by molar-refractivity contribution is 6.34. The SMILES string of the molecule is COc1ccc2nc([C@H]3C[C@H](CC(=O)c4cc5c(cc4Cl)OCCO5)CCN3C)[nH]c2c1. The molecule has 32 heavy (non-hydrogen) atoms. The van der Waals surface area contributed by atoms with E-state index in [0.29, 0.717) is 41.7 Å². The highest BCUT2D eigenvalue weighted by atomic mass is 35.5. The van der Waals surface area contributed by atoms with E-state index in [9.17, 15) is 4.79 Å². The Morgan fingerprint density at radius 1 is 1.25 bits per heavy atom. The summed E-state index contributed by atoms with van der Waals surface area (Å²) in [4.78, 5) is 23.7. The second-order valence-electron chi connectivity index (χ2n) is 8.49. The fraction of sp³-hybridized carbons (Fsp3) is 0.417. The highest BCUT2D eigenvalue weighted by Crippen LogP contribution is 2.38. The molecule has 168 valence electrons. The average molecular weight is 456 g/mol. The second kappa shape index (κ2) is 8.64. The zero-order valence-corrected chi connectivity index (χ0v) is 18.9. The lowest BCUT2D eigenvalue weighted by Crippen LogP contribution is -2.35. The number of fused-ring (bicyclic) bond motifs is 2. The van der Waals surface area contributed by atoms with E-state index in [1.54, 1.807) is 19.2 Å². The Morgan fingerprint density at radius 2 is 2.03 bits per heavy atom. The number of Topliss-reactive ketones (excluding diaryl/α,β-unsaturated/α-hetero) is 1. The molecule has 1 saturated heterocycles. The van der Waals surface area contributed by atoms with E-state index >= 15 is 0 Å². The van der Waals surface area contributed by atoms with Crippen molar-refractivity contribution in [2.75, 3.05) is 33.9 Å². The van der Waals surface area contributed by atoms with E-state index < -0.39 is 0 Å². The molecule has 0 bridgehead atoms. The van der Waals surface area contributed by atoms with Crippen molar-refractivity contribution in [1.82, 2.24) is 14.9 Å². The number of ketones is 1. The summed E-state index contributed by atoms with van der Waals surface area (Å²) in [5.74, 6) is 3.18. The Hall–Kier alpha value is -2.77. The number of benzene rings is 2. The molecule has 0 amide bonds. The van der Waals surface area contributed by atoms with E-state index in [0.717, 1.165) is 42.0 Å². The molecule has 0 saturated carbocycles. The molecule has 1 aromatic heterocycles. The molecule has 2 atom stereocenters. The maximum Gasteiger partial charge on any atom is 0.164 e. The largest absolute Gasteiger partial charge is 0.497 e. The predicted octanol–water partition coefficient (Wildman–Crippen LogP) is 4.65. The number of rotatable bonds is 5. The Balaban J connectivity index is 1.33. The number of nitrogens with zero attached hydrogens (tertiary/aromatic N) is 2. The van der Waals surface area contributed by atoms with Crippen LogP contribution in [0.25, 0.3) is 11.0 Å². The van der Waals surface area contributed by atoms with Crippen LogP contribution in [0.4, 0.5) is 0 Å². The number of methoxy groups -OCH3 is 1. The molecular weight excluding hydrogens is 430 g/mol. The molecule has 2 aromatic carbocycles. The monoisotopic (exact) mass is 455 g/mol. The van der Waals surface area contributed by atoms with Gasteiger partial charge in [0.2, 0.25) is 0 Å². The number of carbonyl (C=O) groups excluding carboxylic acids is 1. The second-order valence-corrected chi connectivity index (χ2v) is 8.90. The van der Waals surface area contributed by atoms with Crippen molar-refractivity contribution in [2.45, 2.75) is 25.3 Å². The van der Waals surface area contributed by atoms with Crippen molar-refractivity contribution in [2.24, 2.45) is 5.92 Å². The van der Waals surface area contributed by atoms with Crippen molar-refractivity contribution >= 4 is 28.4 Å². The number of piperidine rings is 1. The molecule has 3 aromatic rings. The average Bonchev–Trinajstić information content (AvgIpc) is 3.22. The van der Waals surface area contributed by atoms with E-state index in [2.05, 4.69) is 16.9 Å². The van der Waals surface area contributed by atoms with Gasteiger partial charge < -0.3 is 19.2 Å². The zero-order valence-electron chi connectivity index (χ0n) is 18.2. The lowest BCUT2D eigenvalue weighted by atomic mass is 9.85. The minimum Gasteiger partial charge on any atom is -0.497 e. The zero-order chi connectivity index (χ0) is 22.2. The third kappa shape index (κ3) is 4.02. The number of likely N-dealkylation sites (tertiary alicyclic amines) is 1. The number of aromatic amines is 1. The van der Waals surface area contributed by atoms with E-state index in [1.165, 1.54) is 0 Å². The normalized spacial score (nSPS) is 21.0. The van der Waals surface area contributed by atoms with Gasteiger partial charge in [0.25, 0.3) is 0 Å². The summed E-state index contributed by atoms with van der Waals surface area (Å²) in [5, 5.41) is 0.412. The first-order chi connectivity index (χ1) is 15.5. The first-order valence-corrected chi connectivity index (χ1v) is 11.3. The lowest BCUT2D eigenvalue weighted by Gasteiger charge is -2.35. The minimum atomic E-state index is 0.0367. The summed E-state index contributed by atoms with van der Waals surface area (Å²) in [5.41, 5.74) is 2.37. The summed E-state index contributed by atoms with van der Waals surface area (Å²) < 4.78 is 16.5. The molecule has 0 radical (unpaired) electrons. The Bertz CT molecular complexity index is 1160. The van der Waals surface area contributed by atoms with Gasteiger partial charge in [0.1, 0.15) is 24.8 Å². The van der Waals surface area contributed by atoms with Crippen molar-refractivity contribution in [3.8, 4) is 17.2 Å². The molecule has 7 nitrogen and oxygen atoms in total. The molecule has 5 rings (SSSR count). The van der Waals surface area contributed by atoms with Crippen molar-refractivity contribution in [1.29, 1.82) is 0 Å². The summed E-state index contributed by atoms with van der Waals surface area (Å²) in [6.07, 6.45) is 2.24. The number of nitrogens with one attached hydrogen (secondary N) is 1. The number of hydrogen-bond donors (Lipinski definition) is 1. The lowest BCUT2D eigenvalue weighted by molar-refractivity contribution is 0.0885. The molecule has 2 aliphatic rings. The van der Waals surface area contributed by atoms with Crippen LogP contribution < -0.4 is 14.2 Å². The minimum absolute atomic E-state index is 0.0367. The van der Waals surface area contributed by atoms with Gasteiger partial charge in [0, 0.05) is 24.1 Å². The van der Waals surface area contributed by atoms with Crippen molar-refractivity contribution < 1.29 is 19.0 Å². The summed E-state index contributed by atoms with van der Waals surface area (Å²) in [7, 11) is 3.76. The molecular formula is C24H26ClN3O4. The van der Waals surface area contributed by atoms with Gasteiger partial charge in [0.15, 0.2) is 17.3 Å². The Morgan fingerprint density at radius 3 is 2.81 bits per heavy atom. The van der Waals surface area contributed by atoms with Crippen LogP contribution in [0.1, 0.15) is 41.5 Å². The van der Waals surface area contributed by atoms with Crippen LogP contribution >= 0.6 is 11.6 Å². The molecule has 0 unspecified atom stereocenters. The van der Waals surface area contributed by atoms with Gasteiger partial charge in [-0.3, -0.25) is 9.69 Å². The summed E-state index contributed by atoms with van der Waals surface area (Å²) in [6.45, 7) is 1.86. The number of H-pyrrole nitrogens is 1. The molecule has 2 aliphatic heterocycles. The first-order valence-electron chi connectivity index (χ1n) is 10.9. The summed E-state index contributed by atoms with van der Waals surface area (Å²) in [6, 6.07) is 9.36. The first kappa shape index (κ1) is 21.1. The molecule has 8 heteroatoms. The third-order valence-corrected chi connectivity index (χ3v) is 6.72. The fourth-order valence-corrected chi connectivity index (χ4v) is 4.86. The maximum absolute atomic E-state index is 13.1. The number of carbonyl (C=O) groups is 1. The van der Waals surface area contributed by atoms with Gasteiger partial charge in [-0.2, -0.15) is 0 Å². The van der Waals surface area contributed by atoms with Crippen molar-refractivity contribution in [3.63, 3.8) is 0 Å². The van der Waals surface area contributed by atoms with Gasteiger partial charge >= 0.3 is 0 Å². The van der Waals surface area contributed by atoms with Crippen LogP contribution in [-0.4, -0.2) is 54.6 Å². The van der Waals surface area contributed by atoms with Gasteiger partial charge in [-0.05, 0) is 50.6 Å².